The predicted octanol–water partition coefficient (Wildman–Crippen LogP) is 4.14. The lowest BCUT2D eigenvalue weighted by Crippen LogP contribution is -1.89. The van der Waals surface area contributed by atoms with Crippen molar-refractivity contribution < 1.29 is 0 Å². The second-order valence-corrected chi connectivity index (χ2v) is 3.87. The van der Waals surface area contributed by atoms with Crippen LogP contribution in [-0.2, 0) is 5.88 Å². The van der Waals surface area contributed by atoms with Crippen LogP contribution in [0.25, 0.3) is 11.3 Å². The van der Waals surface area contributed by atoms with E-state index in [-0.39, 0.29) is 0 Å². The molecule has 2 rings (SSSR count). The summed E-state index contributed by atoms with van der Waals surface area (Å²) in [5.74, 6) is 0.375. The number of nitrogens with zero attached hydrogens (tertiary/aromatic N) is 1. The van der Waals surface area contributed by atoms with Crippen molar-refractivity contribution in [2.75, 3.05) is 0 Å². The van der Waals surface area contributed by atoms with E-state index >= 15 is 0 Å². The molecule has 3 heteroatoms. The van der Waals surface area contributed by atoms with Gasteiger partial charge in [-0.2, -0.15) is 0 Å². The van der Waals surface area contributed by atoms with E-state index in [2.05, 4.69) is 4.98 Å². The second kappa shape index (κ2) is 4.65. The molecule has 2 aromatic rings. The minimum atomic E-state index is 0.375. The molecule has 0 aliphatic rings. The van der Waals surface area contributed by atoms with Gasteiger partial charge in [0.1, 0.15) is 0 Å². The Hall–Kier alpha value is -1.05. The van der Waals surface area contributed by atoms with Crippen molar-refractivity contribution in [3.63, 3.8) is 0 Å². The number of alkyl halides is 1. The Balaban J connectivity index is 2.49. The number of hydrogen-bond donors (Lipinski definition) is 0. The Morgan fingerprint density at radius 1 is 1.07 bits per heavy atom. The molecule has 15 heavy (non-hydrogen) atoms. The maximum absolute atomic E-state index is 5.98. The highest BCUT2D eigenvalue weighted by atomic mass is 35.5. The fraction of sp³-hybridized carbons (Fsp3) is 0.0833. The average Bonchev–Trinajstić information content (AvgIpc) is 2.29. The molecule has 1 aromatic carbocycles. The third-order valence-corrected chi connectivity index (χ3v) is 2.54. The van der Waals surface area contributed by atoms with E-state index < -0.39 is 0 Å². The molecule has 0 saturated heterocycles. The third kappa shape index (κ3) is 2.49. The van der Waals surface area contributed by atoms with Gasteiger partial charge in [-0.1, -0.05) is 41.9 Å². The maximum atomic E-state index is 5.98. The Bertz CT molecular complexity index is 454. The van der Waals surface area contributed by atoms with Crippen LogP contribution in [0.5, 0.6) is 0 Å². The molecule has 0 unspecified atom stereocenters. The average molecular weight is 238 g/mol. The number of rotatable bonds is 2. The van der Waals surface area contributed by atoms with Crippen molar-refractivity contribution in [1.29, 1.82) is 0 Å². The normalized spacial score (nSPS) is 10.3. The standard InChI is InChI=1S/C12H9Cl2N/c13-8-11-6-10(14)7-12(15-11)9-4-2-1-3-5-9/h1-7H,8H2. The zero-order chi connectivity index (χ0) is 10.7. The summed E-state index contributed by atoms with van der Waals surface area (Å²) in [5.41, 5.74) is 2.70. The quantitative estimate of drug-likeness (QED) is 0.716. The maximum Gasteiger partial charge on any atom is 0.0720 e. The topological polar surface area (TPSA) is 12.9 Å². The van der Waals surface area contributed by atoms with Crippen molar-refractivity contribution in [2.45, 2.75) is 5.88 Å². The van der Waals surface area contributed by atoms with Crippen LogP contribution in [0.1, 0.15) is 5.69 Å². The summed E-state index contributed by atoms with van der Waals surface area (Å²) in [5, 5.41) is 0.666. The molecule has 0 aliphatic carbocycles. The number of halogens is 2. The van der Waals surface area contributed by atoms with Crippen LogP contribution in [0.4, 0.5) is 0 Å². The number of benzene rings is 1. The van der Waals surface area contributed by atoms with Gasteiger partial charge in [0, 0.05) is 10.6 Å². The predicted molar refractivity (Wildman–Crippen MR) is 64.2 cm³/mol. The van der Waals surface area contributed by atoms with Crippen molar-refractivity contribution in [2.24, 2.45) is 0 Å². The Kier molecular flexibility index (Phi) is 3.24. The molecule has 0 radical (unpaired) electrons. The summed E-state index contributed by atoms with van der Waals surface area (Å²) in [6, 6.07) is 13.5. The van der Waals surface area contributed by atoms with Crippen molar-refractivity contribution in [3.8, 4) is 11.3 Å². The summed E-state index contributed by atoms with van der Waals surface area (Å²) >= 11 is 11.7. The van der Waals surface area contributed by atoms with Gasteiger partial charge in [-0.15, -0.1) is 11.6 Å². The Morgan fingerprint density at radius 3 is 2.47 bits per heavy atom. The van der Waals surface area contributed by atoms with E-state index in [0.717, 1.165) is 17.0 Å². The minimum absolute atomic E-state index is 0.375. The molecule has 0 N–H and O–H groups in total. The fourth-order valence-electron chi connectivity index (χ4n) is 1.38. The van der Waals surface area contributed by atoms with Gasteiger partial charge in [-0.05, 0) is 12.1 Å². The fourth-order valence-corrected chi connectivity index (χ4v) is 1.74. The molecule has 0 atom stereocenters. The molecule has 0 amide bonds. The van der Waals surface area contributed by atoms with Crippen molar-refractivity contribution in [3.05, 3.63) is 53.2 Å². The first kappa shape index (κ1) is 10.5. The van der Waals surface area contributed by atoms with Gasteiger partial charge < -0.3 is 0 Å². The largest absolute Gasteiger partial charge is 0.251 e. The molecule has 1 nitrogen and oxygen atoms in total. The SMILES string of the molecule is ClCc1cc(Cl)cc(-c2ccccc2)n1. The van der Waals surface area contributed by atoms with E-state index in [9.17, 15) is 0 Å². The Labute approximate surface area is 98.7 Å². The molecule has 0 spiro atoms. The second-order valence-electron chi connectivity index (χ2n) is 3.16. The van der Waals surface area contributed by atoms with Gasteiger partial charge >= 0.3 is 0 Å². The van der Waals surface area contributed by atoms with Gasteiger partial charge in [0.25, 0.3) is 0 Å². The molecular weight excluding hydrogens is 229 g/mol. The first-order valence-electron chi connectivity index (χ1n) is 4.57. The zero-order valence-electron chi connectivity index (χ0n) is 7.95. The summed E-state index contributed by atoms with van der Waals surface area (Å²) < 4.78 is 0. The number of pyridine rings is 1. The summed E-state index contributed by atoms with van der Waals surface area (Å²) in [6.45, 7) is 0. The van der Waals surface area contributed by atoms with Crippen LogP contribution < -0.4 is 0 Å². The molecule has 0 fully saturated rings. The lowest BCUT2D eigenvalue weighted by Gasteiger charge is -2.03. The number of hydrogen-bond acceptors (Lipinski definition) is 1. The lowest BCUT2D eigenvalue weighted by atomic mass is 10.1. The highest BCUT2D eigenvalue weighted by molar-refractivity contribution is 6.31. The monoisotopic (exact) mass is 237 g/mol. The zero-order valence-corrected chi connectivity index (χ0v) is 9.46. The van der Waals surface area contributed by atoms with Crippen molar-refractivity contribution >= 4 is 23.2 Å². The van der Waals surface area contributed by atoms with E-state index in [4.69, 9.17) is 23.2 Å². The van der Waals surface area contributed by atoms with Crippen LogP contribution in [0, 0.1) is 0 Å². The summed E-state index contributed by atoms with van der Waals surface area (Å²) in [7, 11) is 0. The lowest BCUT2D eigenvalue weighted by molar-refractivity contribution is 1.17. The third-order valence-electron chi connectivity index (χ3n) is 2.05. The molecule has 1 aromatic heterocycles. The van der Waals surface area contributed by atoms with E-state index in [1.807, 2.05) is 36.4 Å². The van der Waals surface area contributed by atoms with E-state index in [0.29, 0.717) is 10.9 Å². The van der Waals surface area contributed by atoms with Crippen molar-refractivity contribution in [1.82, 2.24) is 4.98 Å². The highest BCUT2D eigenvalue weighted by Gasteiger charge is 2.02. The van der Waals surface area contributed by atoms with Gasteiger partial charge in [0.15, 0.2) is 0 Å². The van der Waals surface area contributed by atoms with Gasteiger partial charge in [0.2, 0.25) is 0 Å². The molecule has 1 heterocycles. The summed E-state index contributed by atoms with van der Waals surface area (Å²) in [4.78, 5) is 4.41. The molecular formula is C12H9Cl2N. The molecule has 76 valence electrons. The molecule has 0 aliphatic heterocycles. The van der Waals surface area contributed by atoms with Crippen LogP contribution in [0.2, 0.25) is 5.02 Å². The minimum Gasteiger partial charge on any atom is -0.251 e. The van der Waals surface area contributed by atoms with E-state index in [1.54, 1.807) is 6.07 Å². The van der Waals surface area contributed by atoms with Crippen LogP contribution in [-0.4, -0.2) is 4.98 Å². The highest BCUT2D eigenvalue weighted by Crippen LogP contribution is 2.22. The molecule has 0 saturated carbocycles. The first-order valence-corrected chi connectivity index (χ1v) is 5.48. The molecule has 0 bridgehead atoms. The van der Waals surface area contributed by atoms with Crippen LogP contribution >= 0.6 is 23.2 Å². The van der Waals surface area contributed by atoms with Gasteiger partial charge in [0.05, 0.1) is 17.3 Å². The van der Waals surface area contributed by atoms with Gasteiger partial charge in [-0.3, -0.25) is 4.98 Å². The van der Waals surface area contributed by atoms with Gasteiger partial charge in [-0.25, -0.2) is 0 Å². The summed E-state index contributed by atoms with van der Waals surface area (Å²) in [6.07, 6.45) is 0. The smallest absolute Gasteiger partial charge is 0.0720 e. The number of aromatic nitrogens is 1. The Morgan fingerprint density at radius 2 is 1.80 bits per heavy atom. The van der Waals surface area contributed by atoms with Crippen LogP contribution in [0.3, 0.4) is 0 Å². The van der Waals surface area contributed by atoms with Crippen LogP contribution in [0.15, 0.2) is 42.5 Å². The first-order chi connectivity index (χ1) is 7.29. The van der Waals surface area contributed by atoms with E-state index in [1.165, 1.54) is 0 Å².